The first-order valence-electron chi connectivity index (χ1n) is 5.78. The molecule has 0 N–H and O–H groups in total. The summed E-state index contributed by atoms with van der Waals surface area (Å²) in [6, 6.07) is 0. The number of esters is 1. The molecule has 0 aromatic carbocycles. The second-order valence-electron chi connectivity index (χ2n) is 4.02. The van der Waals surface area contributed by atoms with E-state index in [2.05, 4.69) is 0 Å². The zero-order valence-electron chi connectivity index (χ0n) is 10.5. The number of rotatable bonds is 6. The highest BCUT2D eigenvalue weighted by atomic mass is 32.2. The van der Waals surface area contributed by atoms with Crippen molar-refractivity contribution in [2.45, 2.75) is 0 Å². The van der Waals surface area contributed by atoms with Crippen LogP contribution in [0.3, 0.4) is 0 Å². The Labute approximate surface area is 107 Å². The fraction of sp³-hybridized carbons (Fsp3) is 0.727. The molecular weight excluding hydrogens is 258 g/mol. The van der Waals surface area contributed by atoms with Crippen LogP contribution in [0.1, 0.15) is 0 Å². The minimum atomic E-state index is -2.85. The van der Waals surface area contributed by atoms with E-state index in [1.165, 1.54) is 6.08 Å². The number of carbonyl (C=O) groups excluding carboxylic acids is 1. The Morgan fingerprint density at radius 2 is 2.00 bits per heavy atom. The van der Waals surface area contributed by atoms with Gasteiger partial charge in [0.1, 0.15) is 6.61 Å². The zero-order chi connectivity index (χ0) is 13.4. The van der Waals surface area contributed by atoms with Crippen LogP contribution in [0.2, 0.25) is 0 Å². The molecular formula is C11H19NO5S. The van der Waals surface area contributed by atoms with Gasteiger partial charge < -0.3 is 9.47 Å². The number of methoxy groups -OCH3 is 1. The van der Waals surface area contributed by atoms with Crippen molar-refractivity contribution in [1.29, 1.82) is 0 Å². The van der Waals surface area contributed by atoms with Gasteiger partial charge in [0.05, 0.1) is 18.1 Å². The van der Waals surface area contributed by atoms with Crippen LogP contribution in [-0.2, 0) is 24.1 Å². The van der Waals surface area contributed by atoms with E-state index in [0.29, 0.717) is 26.2 Å². The number of carbonyl (C=O) groups is 1. The summed E-state index contributed by atoms with van der Waals surface area (Å²) in [7, 11) is -1.30. The Hall–Kier alpha value is -0.920. The lowest BCUT2D eigenvalue weighted by molar-refractivity contribution is -0.138. The number of hydrogen-bond donors (Lipinski definition) is 0. The number of sulfone groups is 1. The normalized spacial score (nSPS) is 20.1. The number of ether oxygens (including phenoxy) is 2. The zero-order valence-corrected chi connectivity index (χ0v) is 11.3. The lowest BCUT2D eigenvalue weighted by Gasteiger charge is -2.25. The molecule has 7 heteroatoms. The largest absolute Gasteiger partial charge is 0.461 e. The maximum absolute atomic E-state index is 11.2. The van der Waals surface area contributed by atoms with Crippen LogP contribution >= 0.6 is 0 Å². The highest BCUT2D eigenvalue weighted by Crippen LogP contribution is 2.02. The maximum Gasteiger partial charge on any atom is 0.330 e. The van der Waals surface area contributed by atoms with E-state index >= 15 is 0 Å². The minimum absolute atomic E-state index is 0.189. The molecule has 1 aliphatic rings. The number of hydrogen-bond acceptors (Lipinski definition) is 6. The average molecular weight is 277 g/mol. The first-order valence-corrected chi connectivity index (χ1v) is 7.60. The van der Waals surface area contributed by atoms with E-state index < -0.39 is 15.8 Å². The van der Waals surface area contributed by atoms with Gasteiger partial charge in [0, 0.05) is 32.8 Å². The van der Waals surface area contributed by atoms with Gasteiger partial charge in [0.15, 0.2) is 9.84 Å². The summed E-state index contributed by atoms with van der Waals surface area (Å²) in [5.74, 6) is -0.0275. The predicted molar refractivity (Wildman–Crippen MR) is 67.1 cm³/mol. The monoisotopic (exact) mass is 277 g/mol. The fourth-order valence-electron chi connectivity index (χ4n) is 1.54. The summed E-state index contributed by atoms with van der Waals surface area (Å²) in [6.45, 7) is 2.24. The van der Waals surface area contributed by atoms with Gasteiger partial charge in [-0.2, -0.15) is 0 Å². The highest BCUT2D eigenvalue weighted by molar-refractivity contribution is 7.91. The van der Waals surface area contributed by atoms with Crippen LogP contribution in [0.15, 0.2) is 12.2 Å². The molecule has 0 unspecified atom stereocenters. The molecule has 0 radical (unpaired) electrons. The Balaban J connectivity index is 2.13. The lowest BCUT2D eigenvalue weighted by Crippen LogP contribution is -2.41. The predicted octanol–water partition coefficient (Wildman–Crippen LogP) is -0.537. The summed E-state index contributed by atoms with van der Waals surface area (Å²) in [5.41, 5.74) is 0. The summed E-state index contributed by atoms with van der Waals surface area (Å²) < 4.78 is 32.1. The third-order valence-electron chi connectivity index (χ3n) is 2.61. The van der Waals surface area contributed by atoms with Crippen molar-refractivity contribution in [3.8, 4) is 0 Å². The molecule has 0 spiro atoms. The summed E-state index contributed by atoms with van der Waals surface area (Å²) in [5, 5.41) is 0. The van der Waals surface area contributed by atoms with Crippen molar-refractivity contribution < 1.29 is 22.7 Å². The van der Waals surface area contributed by atoms with Crippen LogP contribution < -0.4 is 0 Å². The van der Waals surface area contributed by atoms with Gasteiger partial charge in [-0.15, -0.1) is 0 Å². The van der Waals surface area contributed by atoms with Gasteiger partial charge in [-0.05, 0) is 0 Å². The second-order valence-corrected chi connectivity index (χ2v) is 6.32. The van der Waals surface area contributed by atoms with Crippen molar-refractivity contribution in [2.24, 2.45) is 0 Å². The molecule has 0 aliphatic carbocycles. The first kappa shape index (κ1) is 15.1. The third-order valence-corrected chi connectivity index (χ3v) is 4.21. The summed E-state index contributed by atoms with van der Waals surface area (Å²) >= 11 is 0. The molecule has 104 valence electrons. The minimum Gasteiger partial charge on any atom is -0.461 e. The molecule has 1 heterocycles. The molecule has 1 saturated heterocycles. The quantitative estimate of drug-likeness (QED) is 0.480. The van der Waals surface area contributed by atoms with Crippen molar-refractivity contribution in [1.82, 2.24) is 4.90 Å². The van der Waals surface area contributed by atoms with Gasteiger partial charge in [0.2, 0.25) is 0 Å². The van der Waals surface area contributed by atoms with E-state index in [1.54, 1.807) is 13.2 Å². The van der Waals surface area contributed by atoms with Gasteiger partial charge in [-0.25, -0.2) is 13.2 Å². The average Bonchev–Trinajstić information content (AvgIpc) is 2.32. The van der Waals surface area contributed by atoms with Crippen molar-refractivity contribution >= 4 is 15.8 Å². The molecule has 1 fully saturated rings. The maximum atomic E-state index is 11.2. The van der Waals surface area contributed by atoms with Gasteiger partial charge in [-0.1, -0.05) is 6.08 Å². The molecule has 0 amide bonds. The summed E-state index contributed by atoms with van der Waals surface area (Å²) in [6.07, 6.45) is 2.90. The van der Waals surface area contributed by atoms with Crippen molar-refractivity contribution in [3.63, 3.8) is 0 Å². The highest BCUT2D eigenvalue weighted by Gasteiger charge is 2.21. The molecule has 1 aliphatic heterocycles. The van der Waals surface area contributed by atoms with Crippen LogP contribution in [-0.4, -0.2) is 70.8 Å². The lowest BCUT2D eigenvalue weighted by atomic mass is 10.4. The Morgan fingerprint density at radius 1 is 1.33 bits per heavy atom. The molecule has 6 nitrogen and oxygen atoms in total. The first-order chi connectivity index (χ1) is 8.53. The standard InChI is InChI=1S/C11H19NO5S/c1-16-7-2-3-11(13)17-8-4-12-5-9-18(14,15)10-6-12/h2-3H,4-10H2,1H3. The van der Waals surface area contributed by atoms with E-state index in [1.807, 2.05) is 4.90 Å². The number of nitrogens with zero attached hydrogens (tertiary/aromatic N) is 1. The van der Waals surface area contributed by atoms with Crippen LogP contribution in [0.25, 0.3) is 0 Å². The van der Waals surface area contributed by atoms with E-state index in [-0.39, 0.29) is 18.1 Å². The third kappa shape index (κ3) is 6.13. The van der Waals surface area contributed by atoms with E-state index in [9.17, 15) is 13.2 Å². The SMILES string of the molecule is COCC=CC(=O)OCCN1CCS(=O)(=O)CC1. The van der Waals surface area contributed by atoms with Crippen molar-refractivity contribution in [2.75, 3.05) is 51.5 Å². The smallest absolute Gasteiger partial charge is 0.330 e. The van der Waals surface area contributed by atoms with Crippen molar-refractivity contribution in [3.05, 3.63) is 12.2 Å². The second kappa shape index (κ2) is 7.50. The van der Waals surface area contributed by atoms with Gasteiger partial charge >= 0.3 is 5.97 Å². The topological polar surface area (TPSA) is 72.9 Å². The Morgan fingerprint density at radius 3 is 2.61 bits per heavy atom. The van der Waals surface area contributed by atoms with Gasteiger partial charge in [-0.3, -0.25) is 4.90 Å². The van der Waals surface area contributed by atoms with Crippen LogP contribution in [0.4, 0.5) is 0 Å². The van der Waals surface area contributed by atoms with E-state index in [4.69, 9.17) is 9.47 Å². The van der Waals surface area contributed by atoms with Crippen LogP contribution in [0.5, 0.6) is 0 Å². The Kier molecular flexibility index (Phi) is 6.31. The molecule has 0 atom stereocenters. The fourth-order valence-corrected chi connectivity index (χ4v) is 2.81. The van der Waals surface area contributed by atoms with Gasteiger partial charge in [0.25, 0.3) is 0 Å². The molecule has 18 heavy (non-hydrogen) atoms. The molecule has 0 bridgehead atoms. The molecule has 1 rings (SSSR count). The van der Waals surface area contributed by atoms with Crippen LogP contribution in [0, 0.1) is 0 Å². The Bertz CT molecular complexity index is 376. The molecule has 0 aromatic rings. The summed E-state index contributed by atoms with van der Waals surface area (Å²) in [4.78, 5) is 13.2. The molecule has 0 aromatic heterocycles. The molecule has 0 saturated carbocycles. The van der Waals surface area contributed by atoms with E-state index in [0.717, 1.165) is 0 Å².